The molecule has 4 nitrogen and oxygen atoms in total. The van der Waals surface area contributed by atoms with Crippen LogP contribution in [0, 0.1) is 5.92 Å². The van der Waals surface area contributed by atoms with E-state index in [0.29, 0.717) is 17.5 Å². The van der Waals surface area contributed by atoms with Crippen molar-refractivity contribution >= 4 is 33.7 Å². The van der Waals surface area contributed by atoms with E-state index in [1.807, 2.05) is 17.5 Å². The normalized spacial score (nSPS) is 10.9. The first-order chi connectivity index (χ1) is 9.56. The second kappa shape index (κ2) is 6.85. The summed E-state index contributed by atoms with van der Waals surface area (Å²) in [6, 6.07) is 3.97. The summed E-state index contributed by atoms with van der Waals surface area (Å²) in [7, 11) is 0. The topological polar surface area (TPSA) is 68.0 Å². The zero-order valence-corrected chi connectivity index (χ0v) is 13.3. The molecule has 3 N–H and O–H groups in total. The number of nitrogens with two attached hydrogens (primary N) is 1. The van der Waals surface area contributed by atoms with Crippen molar-refractivity contribution in [2.45, 2.75) is 26.7 Å². The second-order valence-corrected chi connectivity index (χ2v) is 7.07. The Kier molecular flexibility index (Phi) is 5.14. The van der Waals surface area contributed by atoms with Crippen LogP contribution in [0.1, 0.15) is 25.1 Å². The number of nitrogens with zero attached hydrogens (tertiary/aromatic N) is 1. The third-order valence-electron chi connectivity index (χ3n) is 2.83. The molecule has 2 rings (SSSR count). The van der Waals surface area contributed by atoms with Gasteiger partial charge in [0.05, 0.1) is 17.0 Å². The van der Waals surface area contributed by atoms with Crippen molar-refractivity contribution in [2.24, 2.45) is 5.92 Å². The largest absolute Gasteiger partial charge is 0.375 e. The number of carbonyl (C=O) groups excluding carboxylic acids is 1. The van der Waals surface area contributed by atoms with Gasteiger partial charge in [-0.15, -0.1) is 22.7 Å². The quantitative estimate of drug-likeness (QED) is 0.861. The molecule has 0 unspecified atom stereocenters. The first-order valence-corrected chi connectivity index (χ1v) is 8.31. The summed E-state index contributed by atoms with van der Waals surface area (Å²) in [5.74, 6) is 0.628. The van der Waals surface area contributed by atoms with Crippen molar-refractivity contribution in [1.82, 2.24) is 10.3 Å². The minimum atomic E-state index is 0.0344. The molecule has 0 aliphatic rings. The lowest BCUT2D eigenvalue weighted by Crippen LogP contribution is -2.26. The number of carbonyl (C=O) groups is 1. The van der Waals surface area contributed by atoms with Gasteiger partial charge in [0, 0.05) is 11.4 Å². The summed E-state index contributed by atoms with van der Waals surface area (Å²) in [5, 5.41) is 5.46. The number of thiazole rings is 1. The number of hydrogen-bond donors (Lipinski definition) is 2. The van der Waals surface area contributed by atoms with Crippen LogP contribution < -0.4 is 11.1 Å². The zero-order chi connectivity index (χ0) is 14.5. The van der Waals surface area contributed by atoms with Gasteiger partial charge in [-0.2, -0.15) is 0 Å². The predicted molar refractivity (Wildman–Crippen MR) is 86.0 cm³/mol. The van der Waals surface area contributed by atoms with E-state index in [1.54, 1.807) is 11.3 Å². The molecule has 0 saturated heterocycles. The monoisotopic (exact) mass is 309 g/mol. The summed E-state index contributed by atoms with van der Waals surface area (Å²) in [4.78, 5) is 18.3. The molecule has 0 saturated carbocycles. The molecule has 0 aliphatic carbocycles. The molecule has 20 heavy (non-hydrogen) atoms. The Morgan fingerprint density at radius 1 is 1.50 bits per heavy atom. The lowest BCUT2D eigenvalue weighted by Gasteiger charge is -2.06. The second-order valence-electron chi connectivity index (χ2n) is 5.01. The Bertz CT molecular complexity index is 561. The Morgan fingerprint density at radius 3 is 2.95 bits per heavy atom. The van der Waals surface area contributed by atoms with E-state index < -0.39 is 0 Å². The third kappa shape index (κ3) is 4.05. The molecule has 0 spiro atoms. The van der Waals surface area contributed by atoms with E-state index >= 15 is 0 Å². The van der Waals surface area contributed by atoms with Crippen LogP contribution in [0.2, 0.25) is 0 Å². The SMILES string of the molecule is CC(C)CCNC(=O)Cc1sc(N)nc1-c1cccs1. The lowest BCUT2D eigenvalue weighted by molar-refractivity contribution is -0.120. The fourth-order valence-corrected chi connectivity index (χ4v) is 3.46. The fourth-order valence-electron chi connectivity index (χ4n) is 1.80. The molecule has 0 bridgehead atoms. The minimum Gasteiger partial charge on any atom is -0.375 e. The molecule has 1 amide bonds. The first kappa shape index (κ1) is 15.0. The standard InChI is InChI=1S/C14H19N3OS2/c1-9(2)5-6-16-12(18)8-11-13(17-14(15)20-11)10-4-3-7-19-10/h3-4,7,9H,5-6,8H2,1-2H3,(H2,15,17)(H,16,18). The maximum absolute atomic E-state index is 12.0. The van der Waals surface area contributed by atoms with Gasteiger partial charge >= 0.3 is 0 Å². The van der Waals surface area contributed by atoms with Crippen molar-refractivity contribution in [3.05, 3.63) is 22.4 Å². The lowest BCUT2D eigenvalue weighted by atomic mass is 10.1. The van der Waals surface area contributed by atoms with Crippen LogP contribution >= 0.6 is 22.7 Å². The zero-order valence-electron chi connectivity index (χ0n) is 11.7. The van der Waals surface area contributed by atoms with E-state index in [9.17, 15) is 4.79 Å². The molecule has 0 fully saturated rings. The van der Waals surface area contributed by atoms with Crippen molar-refractivity contribution in [1.29, 1.82) is 0 Å². The number of anilines is 1. The van der Waals surface area contributed by atoms with E-state index in [4.69, 9.17) is 5.73 Å². The molecule has 6 heteroatoms. The van der Waals surface area contributed by atoms with Crippen molar-refractivity contribution in [3.8, 4) is 10.6 Å². The number of nitrogen functional groups attached to an aromatic ring is 1. The number of nitrogens with one attached hydrogen (secondary N) is 1. The predicted octanol–water partition coefficient (Wildman–Crippen LogP) is 3.16. The highest BCUT2D eigenvalue weighted by atomic mass is 32.1. The Balaban J connectivity index is 2.01. The van der Waals surface area contributed by atoms with Gasteiger partial charge in [0.15, 0.2) is 5.13 Å². The molecule has 2 aromatic heterocycles. The van der Waals surface area contributed by atoms with E-state index in [2.05, 4.69) is 24.1 Å². The van der Waals surface area contributed by atoms with Crippen LogP contribution in [0.15, 0.2) is 17.5 Å². The third-order valence-corrected chi connectivity index (χ3v) is 4.59. The molecule has 2 aromatic rings. The van der Waals surface area contributed by atoms with Crippen LogP contribution in [0.4, 0.5) is 5.13 Å². The van der Waals surface area contributed by atoms with Crippen LogP contribution in [0.25, 0.3) is 10.6 Å². The molecule has 0 radical (unpaired) electrons. The highest BCUT2D eigenvalue weighted by Gasteiger charge is 2.15. The molecule has 2 heterocycles. The number of amides is 1. The first-order valence-electron chi connectivity index (χ1n) is 6.62. The molecular formula is C14H19N3OS2. The Morgan fingerprint density at radius 2 is 2.30 bits per heavy atom. The summed E-state index contributed by atoms with van der Waals surface area (Å²) >= 11 is 3.00. The summed E-state index contributed by atoms with van der Waals surface area (Å²) < 4.78 is 0. The molecule has 0 aliphatic heterocycles. The number of hydrogen-bond acceptors (Lipinski definition) is 5. The molecule has 108 valence electrons. The van der Waals surface area contributed by atoms with Gasteiger partial charge in [-0.25, -0.2) is 4.98 Å². The van der Waals surface area contributed by atoms with Crippen LogP contribution in [-0.4, -0.2) is 17.4 Å². The van der Waals surface area contributed by atoms with Gasteiger partial charge in [0.1, 0.15) is 0 Å². The van der Waals surface area contributed by atoms with E-state index in [0.717, 1.165) is 28.4 Å². The van der Waals surface area contributed by atoms with Gasteiger partial charge < -0.3 is 11.1 Å². The van der Waals surface area contributed by atoms with Gasteiger partial charge in [-0.3, -0.25) is 4.79 Å². The van der Waals surface area contributed by atoms with Crippen molar-refractivity contribution < 1.29 is 4.79 Å². The van der Waals surface area contributed by atoms with Crippen LogP contribution in [0.5, 0.6) is 0 Å². The summed E-state index contributed by atoms with van der Waals surface area (Å²) in [6.07, 6.45) is 1.34. The molecular weight excluding hydrogens is 290 g/mol. The highest BCUT2D eigenvalue weighted by molar-refractivity contribution is 7.17. The summed E-state index contributed by atoms with van der Waals surface area (Å²) in [6.45, 7) is 5.01. The molecule has 0 atom stereocenters. The van der Waals surface area contributed by atoms with Crippen molar-refractivity contribution in [3.63, 3.8) is 0 Å². The van der Waals surface area contributed by atoms with Gasteiger partial charge in [-0.05, 0) is 23.8 Å². The van der Waals surface area contributed by atoms with E-state index in [-0.39, 0.29) is 5.91 Å². The maximum Gasteiger partial charge on any atom is 0.225 e. The Labute approximate surface area is 127 Å². The minimum absolute atomic E-state index is 0.0344. The average Bonchev–Trinajstić information content (AvgIpc) is 2.98. The van der Waals surface area contributed by atoms with Crippen molar-refractivity contribution in [2.75, 3.05) is 12.3 Å². The number of thiophene rings is 1. The smallest absolute Gasteiger partial charge is 0.225 e. The number of aromatic nitrogens is 1. The summed E-state index contributed by atoms with van der Waals surface area (Å²) in [5.41, 5.74) is 6.63. The average molecular weight is 309 g/mol. The van der Waals surface area contributed by atoms with Crippen LogP contribution in [-0.2, 0) is 11.2 Å². The van der Waals surface area contributed by atoms with Gasteiger partial charge in [0.2, 0.25) is 5.91 Å². The highest BCUT2D eigenvalue weighted by Crippen LogP contribution is 2.32. The Hall–Kier alpha value is -1.40. The maximum atomic E-state index is 12.0. The fraction of sp³-hybridized carbons (Fsp3) is 0.429. The van der Waals surface area contributed by atoms with Crippen LogP contribution in [0.3, 0.4) is 0 Å². The van der Waals surface area contributed by atoms with Gasteiger partial charge in [-0.1, -0.05) is 19.9 Å². The molecule has 0 aromatic carbocycles. The number of rotatable bonds is 6. The van der Waals surface area contributed by atoms with Gasteiger partial charge in [0.25, 0.3) is 0 Å². The van der Waals surface area contributed by atoms with E-state index in [1.165, 1.54) is 11.3 Å².